The molecule has 1 aliphatic heterocycles. The van der Waals surface area contributed by atoms with Crippen LogP contribution in [-0.4, -0.2) is 56.5 Å². The Morgan fingerprint density at radius 2 is 1.69 bits per heavy atom. The summed E-state index contributed by atoms with van der Waals surface area (Å²) in [6.45, 7) is 6.82. The van der Waals surface area contributed by atoms with E-state index in [4.69, 9.17) is 0 Å². The number of carbonyl (C=O) groups excluding carboxylic acids is 1. The van der Waals surface area contributed by atoms with E-state index < -0.39 is 0 Å². The van der Waals surface area contributed by atoms with Crippen molar-refractivity contribution in [1.82, 2.24) is 24.4 Å². The average molecular weight is 388 g/mol. The number of amides is 1. The van der Waals surface area contributed by atoms with E-state index in [1.165, 1.54) is 0 Å². The highest BCUT2D eigenvalue weighted by Crippen LogP contribution is 2.18. The lowest BCUT2D eigenvalue weighted by Gasteiger charge is -2.35. The third-order valence-electron chi connectivity index (χ3n) is 5.27. The lowest BCUT2D eigenvalue weighted by atomic mass is 10.2. The number of nitrogens with zero attached hydrogens (tertiary/aromatic N) is 6. The molecule has 2 aromatic heterocycles. The molecule has 0 radical (unpaired) electrons. The molecule has 3 aromatic rings. The normalized spacial score (nSPS) is 14.6. The van der Waals surface area contributed by atoms with Crippen molar-refractivity contribution >= 4 is 17.8 Å². The van der Waals surface area contributed by atoms with Crippen LogP contribution in [-0.2, 0) is 4.79 Å². The lowest BCUT2D eigenvalue weighted by Crippen LogP contribution is -2.48. The van der Waals surface area contributed by atoms with Crippen molar-refractivity contribution in [3.63, 3.8) is 0 Å². The zero-order valence-electron chi connectivity index (χ0n) is 16.7. The quantitative estimate of drug-likeness (QED) is 0.643. The maximum absolute atomic E-state index is 12.5. The summed E-state index contributed by atoms with van der Waals surface area (Å²) in [6.07, 6.45) is 6.88. The van der Waals surface area contributed by atoms with Gasteiger partial charge in [0.2, 0.25) is 5.91 Å². The fourth-order valence-corrected chi connectivity index (χ4v) is 3.36. The van der Waals surface area contributed by atoms with Gasteiger partial charge in [0.25, 0.3) is 0 Å². The van der Waals surface area contributed by atoms with Crippen molar-refractivity contribution in [3.05, 3.63) is 72.1 Å². The van der Waals surface area contributed by atoms with Crippen LogP contribution in [0.2, 0.25) is 0 Å². The summed E-state index contributed by atoms with van der Waals surface area (Å²) in [5.41, 5.74) is 3.08. The maximum atomic E-state index is 12.5. The van der Waals surface area contributed by atoms with Crippen molar-refractivity contribution in [2.45, 2.75) is 13.8 Å². The Kier molecular flexibility index (Phi) is 5.37. The molecule has 148 valence electrons. The number of hydrogen-bond acceptors (Lipinski definition) is 5. The number of benzene rings is 1. The number of aromatic nitrogens is 4. The number of hydrogen-bond donors (Lipinski definition) is 0. The predicted octanol–water partition coefficient (Wildman–Crippen LogP) is 2.64. The van der Waals surface area contributed by atoms with Crippen LogP contribution >= 0.6 is 0 Å². The molecule has 4 rings (SSSR count). The van der Waals surface area contributed by atoms with Gasteiger partial charge in [0.1, 0.15) is 24.3 Å². The molecule has 0 unspecified atom stereocenters. The Balaban J connectivity index is 1.40. The Morgan fingerprint density at radius 3 is 2.38 bits per heavy atom. The van der Waals surface area contributed by atoms with Gasteiger partial charge in [-0.2, -0.15) is 0 Å². The second-order valence-electron chi connectivity index (χ2n) is 7.08. The predicted molar refractivity (Wildman–Crippen MR) is 113 cm³/mol. The highest BCUT2D eigenvalue weighted by atomic mass is 16.2. The van der Waals surface area contributed by atoms with Crippen LogP contribution in [0.4, 0.5) is 5.82 Å². The second kappa shape index (κ2) is 8.26. The molecule has 1 fully saturated rings. The Bertz CT molecular complexity index is 1020. The van der Waals surface area contributed by atoms with Crippen LogP contribution in [0.5, 0.6) is 0 Å². The van der Waals surface area contributed by atoms with Crippen LogP contribution in [0.15, 0.2) is 55.1 Å². The molecule has 7 nitrogen and oxygen atoms in total. The van der Waals surface area contributed by atoms with E-state index in [0.29, 0.717) is 13.1 Å². The number of imidazole rings is 1. The van der Waals surface area contributed by atoms with E-state index in [2.05, 4.69) is 19.9 Å². The van der Waals surface area contributed by atoms with Crippen LogP contribution in [0.25, 0.3) is 11.9 Å². The Morgan fingerprint density at radius 1 is 0.966 bits per heavy atom. The first-order valence-corrected chi connectivity index (χ1v) is 9.72. The third-order valence-corrected chi connectivity index (χ3v) is 5.27. The third kappa shape index (κ3) is 4.18. The van der Waals surface area contributed by atoms with Gasteiger partial charge in [0.15, 0.2) is 0 Å². The van der Waals surface area contributed by atoms with Crippen LogP contribution in [0.1, 0.15) is 17.0 Å². The molecule has 0 aliphatic carbocycles. The topological polar surface area (TPSA) is 67.2 Å². The smallest absolute Gasteiger partial charge is 0.246 e. The van der Waals surface area contributed by atoms with Crippen molar-refractivity contribution < 1.29 is 4.79 Å². The van der Waals surface area contributed by atoms with Gasteiger partial charge in [-0.25, -0.2) is 15.0 Å². The van der Waals surface area contributed by atoms with Crippen molar-refractivity contribution in [2.75, 3.05) is 31.1 Å². The maximum Gasteiger partial charge on any atom is 0.246 e. The highest BCUT2D eigenvalue weighted by Gasteiger charge is 2.21. The van der Waals surface area contributed by atoms with Crippen LogP contribution in [0.3, 0.4) is 0 Å². The molecule has 0 bridgehead atoms. The number of anilines is 1. The monoisotopic (exact) mass is 388 g/mol. The van der Waals surface area contributed by atoms with E-state index in [0.717, 1.165) is 41.7 Å². The van der Waals surface area contributed by atoms with Crippen LogP contribution < -0.4 is 4.90 Å². The molecule has 3 heterocycles. The number of piperazine rings is 1. The zero-order chi connectivity index (χ0) is 20.2. The Labute approximate surface area is 170 Å². The van der Waals surface area contributed by atoms with Gasteiger partial charge in [0.05, 0.1) is 5.69 Å². The van der Waals surface area contributed by atoms with Gasteiger partial charge in [0, 0.05) is 44.0 Å². The minimum absolute atomic E-state index is 0.0430. The molecule has 1 aromatic carbocycles. The minimum atomic E-state index is 0.0430. The first kappa shape index (κ1) is 18.9. The van der Waals surface area contributed by atoms with Gasteiger partial charge in [-0.15, -0.1) is 0 Å². The second-order valence-corrected chi connectivity index (χ2v) is 7.08. The zero-order valence-corrected chi connectivity index (χ0v) is 16.7. The summed E-state index contributed by atoms with van der Waals surface area (Å²) in [4.78, 5) is 29.7. The number of aryl methyl sites for hydroxylation is 1. The fourth-order valence-electron chi connectivity index (χ4n) is 3.36. The molecule has 29 heavy (non-hydrogen) atoms. The average Bonchev–Trinajstić information content (AvgIpc) is 3.11. The van der Waals surface area contributed by atoms with Gasteiger partial charge in [-0.3, -0.25) is 9.36 Å². The fraction of sp³-hybridized carbons (Fsp3) is 0.273. The molecular weight excluding hydrogens is 364 g/mol. The van der Waals surface area contributed by atoms with Crippen molar-refractivity contribution in [1.29, 1.82) is 0 Å². The lowest BCUT2D eigenvalue weighted by molar-refractivity contribution is -0.126. The summed E-state index contributed by atoms with van der Waals surface area (Å²) >= 11 is 0. The Hall–Kier alpha value is -3.48. The SMILES string of the molecule is Cc1ncn(-c2cc(N3CCN(C(=O)/C=C/c4ccccc4)CC3)ncn2)c1C. The largest absolute Gasteiger partial charge is 0.353 e. The van der Waals surface area contributed by atoms with Crippen molar-refractivity contribution in [3.8, 4) is 5.82 Å². The van der Waals surface area contributed by atoms with Gasteiger partial charge in [-0.05, 0) is 25.5 Å². The van der Waals surface area contributed by atoms with Crippen LogP contribution in [0, 0.1) is 13.8 Å². The van der Waals surface area contributed by atoms with Crippen molar-refractivity contribution in [2.24, 2.45) is 0 Å². The van der Waals surface area contributed by atoms with Gasteiger partial charge in [-0.1, -0.05) is 30.3 Å². The molecule has 1 aliphatic rings. The van der Waals surface area contributed by atoms with E-state index in [9.17, 15) is 4.79 Å². The van der Waals surface area contributed by atoms with E-state index in [1.54, 1.807) is 18.7 Å². The standard InChI is InChI=1S/C22H24N6O/c1-17-18(2)28(16-25-17)21-14-20(23-15-24-21)26-10-12-27(13-11-26)22(29)9-8-19-6-4-3-5-7-19/h3-9,14-16H,10-13H2,1-2H3/b9-8+. The van der Waals surface area contributed by atoms with E-state index in [1.807, 2.05) is 65.8 Å². The summed E-state index contributed by atoms with van der Waals surface area (Å²) in [5.74, 6) is 1.71. The summed E-state index contributed by atoms with van der Waals surface area (Å²) in [5, 5.41) is 0. The molecule has 0 atom stereocenters. The molecule has 1 amide bonds. The first-order chi connectivity index (χ1) is 14.1. The number of carbonyl (C=O) groups is 1. The number of rotatable bonds is 4. The summed E-state index contributed by atoms with van der Waals surface area (Å²) in [7, 11) is 0. The van der Waals surface area contributed by atoms with E-state index in [-0.39, 0.29) is 5.91 Å². The molecule has 0 spiro atoms. The van der Waals surface area contributed by atoms with Gasteiger partial charge < -0.3 is 9.80 Å². The molecule has 1 saturated heterocycles. The highest BCUT2D eigenvalue weighted by molar-refractivity contribution is 5.91. The van der Waals surface area contributed by atoms with Gasteiger partial charge >= 0.3 is 0 Å². The molecule has 7 heteroatoms. The summed E-state index contributed by atoms with van der Waals surface area (Å²) < 4.78 is 1.97. The summed E-state index contributed by atoms with van der Waals surface area (Å²) in [6, 6.07) is 11.8. The molecular formula is C22H24N6O. The minimum Gasteiger partial charge on any atom is -0.353 e. The molecule has 0 saturated carbocycles. The molecule has 0 N–H and O–H groups in total. The first-order valence-electron chi connectivity index (χ1n) is 9.72. The van der Waals surface area contributed by atoms with E-state index >= 15 is 0 Å².